The predicted octanol–water partition coefficient (Wildman–Crippen LogP) is 0.926. The average molecular weight is 250 g/mol. The molecule has 0 atom stereocenters. The van der Waals surface area contributed by atoms with Crippen LogP contribution in [0.2, 0.25) is 0 Å². The fourth-order valence-corrected chi connectivity index (χ4v) is 1.80. The third-order valence-corrected chi connectivity index (χ3v) is 2.65. The van der Waals surface area contributed by atoms with Crippen LogP contribution < -0.4 is 5.32 Å². The minimum atomic E-state index is -0.499. The number of furan rings is 1. The van der Waals surface area contributed by atoms with Gasteiger partial charge in [0.1, 0.15) is 11.3 Å². The zero-order valence-electron chi connectivity index (χ0n) is 9.10. The van der Waals surface area contributed by atoms with E-state index in [-0.39, 0.29) is 10.7 Å². The Hall–Kier alpha value is -1.95. The highest BCUT2D eigenvalue weighted by Crippen LogP contribution is 2.14. The van der Waals surface area contributed by atoms with Crippen LogP contribution in [0.15, 0.2) is 28.4 Å². The summed E-state index contributed by atoms with van der Waals surface area (Å²) in [6.07, 6.45) is 2.88. The quantitative estimate of drug-likeness (QED) is 0.482. The highest BCUT2D eigenvalue weighted by molar-refractivity contribution is 7.80. The van der Waals surface area contributed by atoms with Crippen LogP contribution in [0.25, 0.3) is 6.08 Å². The fraction of sp³-hybridized carbons (Fsp3) is 0.182. The van der Waals surface area contributed by atoms with Crippen LogP contribution in [0, 0.1) is 0 Å². The average Bonchev–Trinajstić information content (AvgIpc) is 2.77. The number of hydrogen-bond acceptors (Lipinski definition) is 4. The molecule has 1 aliphatic heterocycles. The van der Waals surface area contributed by atoms with Gasteiger partial charge in [-0.3, -0.25) is 19.8 Å². The molecular formula is C11H10N2O3S. The van der Waals surface area contributed by atoms with Crippen molar-refractivity contribution in [2.75, 3.05) is 6.54 Å². The van der Waals surface area contributed by atoms with Gasteiger partial charge in [0.15, 0.2) is 5.11 Å². The molecule has 2 amide bonds. The molecular weight excluding hydrogens is 240 g/mol. The van der Waals surface area contributed by atoms with E-state index in [9.17, 15) is 9.59 Å². The minimum Gasteiger partial charge on any atom is -0.465 e. The number of nitrogens with one attached hydrogen (secondary N) is 1. The van der Waals surface area contributed by atoms with Crippen molar-refractivity contribution in [3.8, 4) is 0 Å². The molecule has 1 aromatic rings. The molecule has 1 N–H and O–H groups in total. The number of nitrogens with zero attached hydrogens (tertiary/aromatic N) is 1. The first-order chi connectivity index (χ1) is 8.13. The number of likely N-dealkylation sites (N-methyl/N-ethyl adjacent to an activating group) is 1. The number of carbonyl (C=O) groups excluding carboxylic acids is 2. The van der Waals surface area contributed by atoms with E-state index in [0.717, 1.165) is 0 Å². The van der Waals surface area contributed by atoms with Crippen molar-refractivity contribution in [3.05, 3.63) is 29.7 Å². The lowest BCUT2D eigenvalue weighted by molar-refractivity contribution is -0.128. The molecule has 1 fully saturated rings. The maximum atomic E-state index is 12.0. The first kappa shape index (κ1) is 11.5. The number of carbonyl (C=O) groups is 2. The largest absolute Gasteiger partial charge is 0.465 e. The van der Waals surface area contributed by atoms with Crippen molar-refractivity contribution in [1.29, 1.82) is 0 Å². The summed E-state index contributed by atoms with van der Waals surface area (Å²) in [6, 6.07) is 3.34. The molecule has 1 aromatic heterocycles. The SMILES string of the molecule is CCN1C(=O)/C(=C\c2ccco2)C(=O)NC1=S. The van der Waals surface area contributed by atoms with Gasteiger partial charge < -0.3 is 4.42 Å². The molecule has 0 radical (unpaired) electrons. The maximum Gasteiger partial charge on any atom is 0.265 e. The third kappa shape index (κ3) is 2.12. The smallest absolute Gasteiger partial charge is 0.265 e. The lowest BCUT2D eigenvalue weighted by atomic mass is 10.1. The summed E-state index contributed by atoms with van der Waals surface area (Å²) >= 11 is 4.90. The van der Waals surface area contributed by atoms with Crippen molar-refractivity contribution >= 4 is 35.2 Å². The molecule has 1 aliphatic rings. The molecule has 6 heteroatoms. The summed E-state index contributed by atoms with van der Waals surface area (Å²) in [5.74, 6) is -0.453. The van der Waals surface area contributed by atoms with Gasteiger partial charge in [-0.05, 0) is 37.4 Å². The number of hydrogen-bond donors (Lipinski definition) is 1. The Kier molecular flexibility index (Phi) is 3.06. The van der Waals surface area contributed by atoms with Gasteiger partial charge >= 0.3 is 0 Å². The fourth-order valence-electron chi connectivity index (χ4n) is 1.50. The molecule has 17 heavy (non-hydrogen) atoms. The van der Waals surface area contributed by atoms with Crippen LogP contribution in [0.3, 0.4) is 0 Å². The van der Waals surface area contributed by atoms with Crippen molar-refractivity contribution in [2.24, 2.45) is 0 Å². The van der Waals surface area contributed by atoms with Crippen LogP contribution >= 0.6 is 12.2 Å². The summed E-state index contributed by atoms with van der Waals surface area (Å²) in [7, 11) is 0. The van der Waals surface area contributed by atoms with E-state index in [1.165, 1.54) is 17.2 Å². The Bertz CT molecular complexity index is 505. The van der Waals surface area contributed by atoms with Crippen molar-refractivity contribution in [2.45, 2.75) is 6.92 Å². The lowest BCUT2D eigenvalue weighted by Gasteiger charge is -2.27. The van der Waals surface area contributed by atoms with Crippen molar-refractivity contribution in [1.82, 2.24) is 10.2 Å². The van der Waals surface area contributed by atoms with Gasteiger partial charge in [0, 0.05) is 6.54 Å². The highest BCUT2D eigenvalue weighted by Gasteiger charge is 2.32. The molecule has 2 rings (SSSR count). The molecule has 0 aromatic carbocycles. The van der Waals surface area contributed by atoms with Gasteiger partial charge in [-0.2, -0.15) is 0 Å². The van der Waals surface area contributed by atoms with Gasteiger partial charge in [0.25, 0.3) is 11.8 Å². The van der Waals surface area contributed by atoms with Gasteiger partial charge in [0.05, 0.1) is 6.26 Å². The van der Waals surface area contributed by atoms with E-state index in [2.05, 4.69) is 5.32 Å². The second-order valence-corrected chi connectivity index (χ2v) is 3.77. The molecule has 0 unspecified atom stereocenters. The van der Waals surface area contributed by atoms with E-state index < -0.39 is 11.8 Å². The van der Waals surface area contributed by atoms with Gasteiger partial charge in [-0.1, -0.05) is 0 Å². The molecule has 0 bridgehead atoms. The highest BCUT2D eigenvalue weighted by atomic mass is 32.1. The normalized spacial score (nSPS) is 18.8. The summed E-state index contributed by atoms with van der Waals surface area (Å²) in [4.78, 5) is 24.9. The maximum absolute atomic E-state index is 12.0. The van der Waals surface area contributed by atoms with E-state index in [1.54, 1.807) is 19.1 Å². The van der Waals surface area contributed by atoms with Crippen molar-refractivity contribution in [3.63, 3.8) is 0 Å². The summed E-state index contributed by atoms with van der Waals surface area (Å²) < 4.78 is 5.07. The van der Waals surface area contributed by atoms with E-state index >= 15 is 0 Å². The molecule has 0 spiro atoms. The zero-order chi connectivity index (χ0) is 12.4. The van der Waals surface area contributed by atoms with E-state index in [0.29, 0.717) is 12.3 Å². The molecule has 1 saturated heterocycles. The Morgan fingerprint density at radius 2 is 2.29 bits per heavy atom. The second-order valence-electron chi connectivity index (χ2n) is 3.38. The summed E-state index contributed by atoms with van der Waals surface area (Å²) in [6.45, 7) is 2.19. The van der Waals surface area contributed by atoms with Crippen LogP contribution in [0.5, 0.6) is 0 Å². The van der Waals surface area contributed by atoms with Crippen LogP contribution in [-0.2, 0) is 9.59 Å². The Balaban J connectivity index is 2.36. The van der Waals surface area contributed by atoms with Gasteiger partial charge in [-0.25, -0.2) is 0 Å². The van der Waals surface area contributed by atoms with E-state index in [4.69, 9.17) is 16.6 Å². The lowest BCUT2D eigenvalue weighted by Crippen LogP contribution is -2.53. The Morgan fingerprint density at radius 1 is 1.53 bits per heavy atom. The Morgan fingerprint density at radius 3 is 2.88 bits per heavy atom. The molecule has 0 aliphatic carbocycles. The standard InChI is InChI=1S/C11H10N2O3S/c1-2-13-10(15)8(9(14)12-11(13)17)6-7-4-3-5-16-7/h3-6H,2H2,1H3,(H,12,14,17)/b8-6-. The number of amides is 2. The molecule has 5 nitrogen and oxygen atoms in total. The topological polar surface area (TPSA) is 62.6 Å². The first-order valence-electron chi connectivity index (χ1n) is 5.06. The summed E-state index contributed by atoms with van der Waals surface area (Å²) in [5.41, 5.74) is 0.0235. The van der Waals surface area contributed by atoms with Crippen LogP contribution in [0.4, 0.5) is 0 Å². The second kappa shape index (κ2) is 4.50. The molecule has 2 heterocycles. The van der Waals surface area contributed by atoms with Crippen LogP contribution in [0.1, 0.15) is 12.7 Å². The monoisotopic (exact) mass is 250 g/mol. The van der Waals surface area contributed by atoms with Gasteiger partial charge in [-0.15, -0.1) is 0 Å². The van der Waals surface area contributed by atoms with Gasteiger partial charge in [0.2, 0.25) is 0 Å². The van der Waals surface area contributed by atoms with E-state index in [1.807, 2.05) is 0 Å². The van der Waals surface area contributed by atoms with Crippen LogP contribution in [-0.4, -0.2) is 28.4 Å². The third-order valence-electron chi connectivity index (χ3n) is 2.33. The zero-order valence-corrected chi connectivity index (χ0v) is 9.91. The first-order valence-corrected chi connectivity index (χ1v) is 5.46. The van der Waals surface area contributed by atoms with Crippen molar-refractivity contribution < 1.29 is 14.0 Å². The molecule has 88 valence electrons. The predicted molar refractivity (Wildman–Crippen MR) is 64.8 cm³/mol. The minimum absolute atomic E-state index is 0.0235. The number of thiocarbonyl (C=S) groups is 1. The number of rotatable bonds is 2. The summed E-state index contributed by atoms with van der Waals surface area (Å²) in [5, 5.41) is 2.60. The molecule has 0 saturated carbocycles. The Labute approximate surface area is 103 Å².